The van der Waals surface area contributed by atoms with Gasteiger partial charge in [-0.25, -0.2) is 4.39 Å². The lowest BCUT2D eigenvalue weighted by atomic mass is 10.1. The maximum Gasteiger partial charge on any atom is 0.123 e. The average molecular weight is 332 g/mol. The van der Waals surface area contributed by atoms with Crippen molar-refractivity contribution in [3.8, 4) is 0 Å². The van der Waals surface area contributed by atoms with E-state index in [-0.39, 0.29) is 18.0 Å². The van der Waals surface area contributed by atoms with Crippen LogP contribution in [0.1, 0.15) is 32.8 Å². The van der Waals surface area contributed by atoms with Crippen LogP contribution in [0.3, 0.4) is 0 Å². The predicted molar refractivity (Wildman–Crippen MR) is 81.0 cm³/mol. The Morgan fingerprint density at radius 3 is 2.74 bits per heavy atom. The minimum absolute atomic E-state index is 0.197. The number of halogens is 2. The first-order valence-corrected chi connectivity index (χ1v) is 7.61. The zero-order valence-corrected chi connectivity index (χ0v) is 13.5. The molecule has 0 saturated carbocycles. The molecular weight excluding hydrogens is 309 g/mol. The highest BCUT2D eigenvalue weighted by molar-refractivity contribution is 9.10. The molecular formula is C15H23BrFNO. The molecule has 1 atom stereocenters. The lowest BCUT2D eigenvalue weighted by Gasteiger charge is -2.20. The van der Waals surface area contributed by atoms with E-state index in [0.29, 0.717) is 6.61 Å². The number of ether oxygens (including phenoxy) is 1. The SMILES string of the molecule is CCCNC(COC(C)C)Cc1cc(F)ccc1Br. The van der Waals surface area contributed by atoms with E-state index in [9.17, 15) is 4.39 Å². The Morgan fingerprint density at radius 2 is 2.11 bits per heavy atom. The summed E-state index contributed by atoms with van der Waals surface area (Å²) in [7, 11) is 0. The van der Waals surface area contributed by atoms with Crippen LogP contribution in [0.25, 0.3) is 0 Å². The molecule has 108 valence electrons. The van der Waals surface area contributed by atoms with Gasteiger partial charge in [-0.3, -0.25) is 0 Å². The van der Waals surface area contributed by atoms with Gasteiger partial charge in [0.05, 0.1) is 12.7 Å². The molecule has 0 bridgehead atoms. The first kappa shape index (κ1) is 16.6. The van der Waals surface area contributed by atoms with Gasteiger partial charge in [0.2, 0.25) is 0 Å². The summed E-state index contributed by atoms with van der Waals surface area (Å²) in [6.07, 6.45) is 2.04. The van der Waals surface area contributed by atoms with Crippen molar-refractivity contribution >= 4 is 15.9 Å². The second-order valence-electron chi connectivity index (χ2n) is 4.97. The van der Waals surface area contributed by atoms with Crippen molar-refractivity contribution in [3.63, 3.8) is 0 Å². The lowest BCUT2D eigenvalue weighted by molar-refractivity contribution is 0.0612. The predicted octanol–water partition coefficient (Wildman–Crippen LogP) is 3.92. The van der Waals surface area contributed by atoms with Crippen LogP contribution in [0.4, 0.5) is 4.39 Å². The van der Waals surface area contributed by atoms with Crippen LogP contribution in [0.15, 0.2) is 22.7 Å². The molecule has 0 aliphatic carbocycles. The van der Waals surface area contributed by atoms with Gasteiger partial charge < -0.3 is 10.1 Å². The second kappa shape index (κ2) is 8.67. The average Bonchev–Trinajstić information content (AvgIpc) is 2.36. The molecule has 0 aliphatic heterocycles. The Balaban J connectivity index is 2.66. The van der Waals surface area contributed by atoms with E-state index in [2.05, 4.69) is 28.2 Å². The van der Waals surface area contributed by atoms with Gasteiger partial charge in [-0.1, -0.05) is 22.9 Å². The minimum atomic E-state index is -0.197. The molecule has 1 N–H and O–H groups in total. The quantitative estimate of drug-likeness (QED) is 0.779. The van der Waals surface area contributed by atoms with Crippen molar-refractivity contribution in [2.75, 3.05) is 13.2 Å². The van der Waals surface area contributed by atoms with E-state index in [1.807, 2.05) is 13.8 Å². The Morgan fingerprint density at radius 1 is 1.37 bits per heavy atom. The van der Waals surface area contributed by atoms with Gasteiger partial charge in [0.1, 0.15) is 5.82 Å². The summed E-state index contributed by atoms with van der Waals surface area (Å²) < 4.78 is 19.9. The fraction of sp³-hybridized carbons (Fsp3) is 0.600. The smallest absolute Gasteiger partial charge is 0.123 e. The number of benzene rings is 1. The molecule has 1 rings (SSSR count). The topological polar surface area (TPSA) is 21.3 Å². The molecule has 0 saturated heterocycles. The van der Waals surface area contributed by atoms with Gasteiger partial charge in [-0.15, -0.1) is 0 Å². The molecule has 0 fully saturated rings. The zero-order valence-electron chi connectivity index (χ0n) is 11.9. The van der Waals surface area contributed by atoms with E-state index in [4.69, 9.17) is 4.74 Å². The van der Waals surface area contributed by atoms with Crippen molar-refractivity contribution in [1.29, 1.82) is 0 Å². The van der Waals surface area contributed by atoms with Gasteiger partial charge in [-0.2, -0.15) is 0 Å². The second-order valence-corrected chi connectivity index (χ2v) is 5.83. The first-order chi connectivity index (χ1) is 9.02. The number of rotatable bonds is 8. The summed E-state index contributed by atoms with van der Waals surface area (Å²) in [5.41, 5.74) is 0.973. The third-order valence-electron chi connectivity index (χ3n) is 2.79. The molecule has 0 aromatic heterocycles. The molecule has 2 nitrogen and oxygen atoms in total. The van der Waals surface area contributed by atoms with Crippen molar-refractivity contribution < 1.29 is 9.13 Å². The maximum atomic E-state index is 13.3. The largest absolute Gasteiger partial charge is 0.377 e. The summed E-state index contributed by atoms with van der Waals surface area (Å²) in [6, 6.07) is 5.01. The monoisotopic (exact) mass is 331 g/mol. The fourth-order valence-corrected chi connectivity index (χ4v) is 2.22. The Hall–Kier alpha value is -0.450. The van der Waals surface area contributed by atoms with Crippen LogP contribution >= 0.6 is 15.9 Å². The fourth-order valence-electron chi connectivity index (χ4n) is 1.81. The first-order valence-electron chi connectivity index (χ1n) is 6.81. The molecule has 0 spiro atoms. The van der Waals surface area contributed by atoms with E-state index >= 15 is 0 Å². The van der Waals surface area contributed by atoms with Gasteiger partial charge in [0.25, 0.3) is 0 Å². The van der Waals surface area contributed by atoms with Gasteiger partial charge >= 0.3 is 0 Å². The highest BCUT2D eigenvalue weighted by Crippen LogP contribution is 2.19. The van der Waals surface area contributed by atoms with Crippen LogP contribution < -0.4 is 5.32 Å². The van der Waals surface area contributed by atoms with Crippen molar-refractivity contribution in [2.24, 2.45) is 0 Å². The van der Waals surface area contributed by atoms with Gasteiger partial charge in [0, 0.05) is 10.5 Å². The third kappa shape index (κ3) is 6.50. The highest BCUT2D eigenvalue weighted by Gasteiger charge is 2.12. The Bertz CT molecular complexity index is 384. The number of hydrogen-bond acceptors (Lipinski definition) is 2. The molecule has 1 aromatic carbocycles. The standard InChI is InChI=1S/C15H23BrFNO/c1-4-7-18-14(10-19-11(2)3)9-12-8-13(17)5-6-15(12)16/h5-6,8,11,14,18H,4,7,9-10H2,1-3H3. The lowest BCUT2D eigenvalue weighted by Crippen LogP contribution is -2.37. The Kier molecular flexibility index (Phi) is 7.57. The van der Waals surface area contributed by atoms with E-state index < -0.39 is 0 Å². The van der Waals surface area contributed by atoms with Crippen molar-refractivity contribution in [1.82, 2.24) is 5.32 Å². The van der Waals surface area contributed by atoms with E-state index in [1.54, 1.807) is 12.1 Å². The summed E-state index contributed by atoms with van der Waals surface area (Å²) in [5, 5.41) is 3.45. The van der Waals surface area contributed by atoms with Crippen LogP contribution in [0.2, 0.25) is 0 Å². The normalized spacial score (nSPS) is 12.9. The van der Waals surface area contributed by atoms with Crippen LogP contribution in [0, 0.1) is 5.82 Å². The number of nitrogens with one attached hydrogen (secondary N) is 1. The summed E-state index contributed by atoms with van der Waals surface area (Å²) in [4.78, 5) is 0. The Labute approximate surface area is 123 Å². The van der Waals surface area contributed by atoms with Crippen LogP contribution in [0.5, 0.6) is 0 Å². The summed E-state index contributed by atoms with van der Waals surface area (Å²) in [5.74, 6) is -0.197. The van der Waals surface area contributed by atoms with Crippen LogP contribution in [-0.2, 0) is 11.2 Å². The number of hydrogen-bond donors (Lipinski definition) is 1. The molecule has 0 amide bonds. The molecule has 1 aromatic rings. The highest BCUT2D eigenvalue weighted by atomic mass is 79.9. The molecule has 19 heavy (non-hydrogen) atoms. The van der Waals surface area contributed by atoms with Crippen molar-refractivity contribution in [3.05, 3.63) is 34.1 Å². The van der Waals surface area contributed by atoms with E-state index in [1.165, 1.54) is 6.07 Å². The van der Waals surface area contributed by atoms with E-state index in [0.717, 1.165) is 29.4 Å². The third-order valence-corrected chi connectivity index (χ3v) is 3.56. The van der Waals surface area contributed by atoms with Gasteiger partial charge in [-0.05, 0) is 57.0 Å². The summed E-state index contributed by atoms with van der Waals surface area (Å²) >= 11 is 3.47. The molecule has 0 aliphatic rings. The molecule has 1 unspecified atom stereocenters. The minimum Gasteiger partial charge on any atom is -0.377 e. The van der Waals surface area contributed by atoms with Gasteiger partial charge in [0.15, 0.2) is 0 Å². The summed E-state index contributed by atoms with van der Waals surface area (Å²) in [6.45, 7) is 7.76. The van der Waals surface area contributed by atoms with Crippen molar-refractivity contribution in [2.45, 2.75) is 45.8 Å². The molecule has 4 heteroatoms. The molecule has 0 heterocycles. The maximum absolute atomic E-state index is 13.3. The zero-order chi connectivity index (χ0) is 14.3. The molecule has 0 radical (unpaired) electrons. The van der Waals surface area contributed by atoms with Crippen LogP contribution in [-0.4, -0.2) is 25.3 Å².